The molecule has 0 radical (unpaired) electrons. The number of rotatable bonds is 5. The van der Waals surface area contributed by atoms with Crippen molar-refractivity contribution in [2.45, 2.75) is 6.54 Å². The maximum atomic E-state index is 12.6. The van der Waals surface area contributed by atoms with Gasteiger partial charge in [0.1, 0.15) is 11.3 Å². The van der Waals surface area contributed by atoms with Crippen LogP contribution in [0.15, 0.2) is 60.7 Å². The van der Waals surface area contributed by atoms with Crippen molar-refractivity contribution in [2.75, 3.05) is 14.2 Å². The van der Waals surface area contributed by atoms with Crippen LogP contribution in [0.25, 0.3) is 10.8 Å². The third kappa shape index (κ3) is 3.52. The van der Waals surface area contributed by atoms with Crippen LogP contribution in [0, 0.1) is 0 Å². The molecule has 0 saturated heterocycles. The molecule has 5 heteroatoms. The lowest BCUT2D eigenvalue weighted by Gasteiger charge is -2.11. The molecule has 0 aliphatic heterocycles. The Morgan fingerprint density at radius 2 is 1.69 bits per heavy atom. The van der Waals surface area contributed by atoms with E-state index in [1.807, 2.05) is 36.4 Å². The molecule has 132 valence electrons. The molecule has 0 fully saturated rings. The van der Waals surface area contributed by atoms with Crippen LogP contribution in [0.5, 0.6) is 5.75 Å². The summed E-state index contributed by atoms with van der Waals surface area (Å²) >= 11 is 0. The number of carbonyl (C=O) groups is 2. The number of hydrogen-bond donors (Lipinski definition) is 1. The number of fused-ring (bicyclic) bond motifs is 1. The lowest BCUT2D eigenvalue weighted by Crippen LogP contribution is -2.23. The predicted octanol–water partition coefficient (Wildman–Crippen LogP) is 3.57. The fourth-order valence-corrected chi connectivity index (χ4v) is 2.84. The Morgan fingerprint density at radius 1 is 0.923 bits per heavy atom. The SMILES string of the molecule is COC(=O)c1cc(CNC(=O)c2cccc3ccccc23)ccc1OC. The van der Waals surface area contributed by atoms with Gasteiger partial charge in [0, 0.05) is 12.1 Å². The number of amides is 1. The van der Waals surface area contributed by atoms with Crippen molar-refractivity contribution in [2.24, 2.45) is 0 Å². The zero-order valence-electron chi connectivity index (χ0n) is 14.6. The van der Waals surface area contributed by atoms with Crippen LogP contribution in [0.1, 0.15) is 26.3 Å². The first-order chi connectivity index (χ1) is 12.6. The maximum Gasteiger partial charge on any atom is 0.341 e. The monoisotopic (exact) mass is 349 g/mol. The van der Waals surface area contributed by atoms with Gasteiger partial charge in [0.2, 0.25) is 0 Å². The minimum absolute atomic E-state index is 0.169. The molecule has 1 N–H and O–H groups in total. The number of benzene rings is 3. The van der Waals surface area contributed by atoms with Gasteiger partial charge in [0.15, 0.2) is 0 Å². The number of nitrogens with one attached hydrogen (secondary N) is 1. The zero-order chi connectivity index (χ0) is 18.5. The van der Waals surface area contributed by atoms with Crippen LogP contribution >= 0.6 is 0 Å². The lowest BCUT2D eigenvalue weighted by atomic mass is 10.0. The van der Waals surface area contributed by atoms with Crippen LogP contribution in [-0.2, 0) is 11.3 Å². The molecule has 0 aliphatic rings. The van der Waals surface area contributed by atoms with Crippen LogP contribution in [-0.4, -0.2) is 26.1 Å². The Hall–Kier alpha value is -3.34. The van der Waals surface area contributed by atoms with Crippen molar-refractivity contribution in [3.05, 3.63) is 77.4 Å². The van der Waals surface area contributed by atoms with Gasteiger partial charge in [-0.05, 0) is 34.5 Å². The average Bonchev–Trinajstić information content (AvgIpc) is 2.70. The van der Waals surface area contributed by atoms with Gasteiger partial charge in [-0.1, -0.05) is 42.5 Å². The molecule has 0 atom stereocenters. The first-order valence-electron chi connectivity index (χ1n) is 8.15. The summed E-state index contributed by atoms with van der Waals surface area (Å²) in [6.07, 6.45) is 0. The fourth-order valence-electron chi connectivity index (χ4n) is 2.84. The van der Waals surface area contributed by atoms with Gasteiger partial charge in [0.05, 0.1) is 14.2 Å². The van der Waals surface area contributed by atoms with Crippen LogP contribution in [0.2, 0.25) is 0 Å². The topological polar surface area (TPSA) is 64.6 Å². The molecule has 0 saturated carbocycles. The quantitative estimate of drug-likeness (QED) is 0.715. The van der Waals surface area contributed by atoms with E-state index in [-0.39, 0.29) is 12.5 Å². The highest BCUT2D eigenvalue weighted by Gasteiger charge is 2.14. The Bertz CT molecular complexity index is 960. The molecule has 3 aromatic rings. The molecule has 3 rings (SSSR count). The molecule has 0 heterocycles. The molecule has 3 aromatic carbocycles. The average molecular weight is 349 g/mol. The van der Waals surface area contributed by atoms with E-state index in [2.05, 4.69) is 5.32 Å². The largest absolute Gasteiger partial charge is 0.496 e. The first kappa shape index (κ1) is 17.5. The molecule has 0 aliphatic carbocycles. The van der Waals surface area contributed by atoms with Crippen molar-refractivity contribution >= 4 is 22.6 Å². The normalized spacial score (nSPS) is 10.4. The highest BCUT2D eigenvalue weighted by molar-refractivity contribution is 6.07. The summed E-state index contributed by atoms with van der Waals surface area (Å²) in [5, 5.41) is 4.81. The lowest BCUT2D eigenvalue weighted by molar-refractivity contribution is 0.0597. The molecule has 26 heavy (non-hydrogen) atoms. The Labute approximate surface area is 151 Å². The van der Waals surface area contributed by atoms with E-state index in [0.717, 1.165) is 16.3 Å². The second-order valence-corrected chi connectivity index (χ2v) is 5.74. The summed E-state index contributed by atoms with van der Waals surface area (Å²) in [7, 11) is 2.81. The molecular weight excluding hydrogens is 330 g/mol. The molecular formula is C21H19NO4. The van der Waals surface area contributed by atoms with E-state index < -0.39 is 5.97 Å². The second kappa shape index (κ2) is 7.70. The molecule has 0 bridgehead atoms. The minimum Gasteiger partial charge on any atom is -0.496 e. The third-order valence-corrected chi connectivity index (χ3v) is 4.16. The van der Waals surface area contributed by atoms with Crippen molar-refractivity contribution in [3.63, 3.8) is 0 Å². The summed E-state index contributed by atoms with van der Waals surface area (Å²) in [5.74, 6) is -0.220. The van der Waals surface area contributed by atoms with Crippen molar-refractivity contribution in [1.29, 1.82) is 0 Å². The third-order valence-electron chi connectivity index (χ3n) is 4.16. The predicted molar refractivity (Wildman–Crippen MR) is 99.5 cm³/mol. The van der Waals surface area contributed by atoms with E-state index in [1.165, 1.54) is 14.2 Å². The fraction of sp³-hybridized carbons (Fsp3) is 0.143. The van der Waals surface area contributed by atoms with Gasteiger partial charge in [-0.25, -0.2) is 4.79 Å². The summed E-state index contributed by atoms with van der Waals surface area (Å²) in [5.41, 5.74) is 1.72. The Balaban J connectivity index is 1.80. The van der Waals surface area contributed by atoms with Crippen molar-refractivity contribution in [1.82, 2.24) is 5.32 Å². The molecule has 5 nitrogen and oxygen atoms in total. The molecule has 0 aromatic heterocycles. The van der Waals surface area contributed by atoms with Gasteiger partial charge >= 0.3 is 5.97 Å². The van der Waals surface area contributed by atoms with E-state index in [0.29, 0.717) is 16.9 Å². The van der Waals surface area contributed by atoms with Crippen LogP contribution < -0.4 is 10.1 Å². The number of esters is 1. The summed E-state index contributed by atoms with van der Waals surface area (Å²) in [6, 6.07) is 18.5. The minimum atomic E-state index is -0.482. The van der Waals surface area contributed by atoms with E-state index in [9.17, 15) is 9.59 Å². The summed E-state index contributed by atoms with van der Waals surface area (Å²) in [4.78, 5) is 24.5. The van der Waals surface area contributed by atoms with Crippen molar-refractivity contribution < 1.29 is 19.1 Å². The second-order valence-electron chi connectivity index (χ2n) is 5.74. The van der Waals surface area contributed by atoms with E-state index in [4.69, 9.17) is 9.47 Å². The van der Waals surface area contributed by atoms with Gasteiger partial charge in [0.25, 0.3) is 5.91 Å². The highest BCUT2D eigenvalue weighted by Crippen LogP contribution is 2.21. The molecule has 0 spiro atoms. The van der Waals surface area contributed by atoms with Crippen LogP contribution in [0.3, 0.4) is 0 Å². The number of carbonyl (C=O) groups excluding carboxylic acids is 2. The van der Waals surface area contributed by atoms with Gasteiger partial charge in [-0.3, -0.25) is 4.79 Å². The Kier molecular flexibility index (Phi) is 5.17. The first-order valence-corrected chi connectivity index (χ1v) is 8.15. The summed E-state index contributed by atoms with van der Waals surface area (Å²) < 4.78 is 9.95. The molecule has 0 unspecified atom stereocenters. The Morgan fingerprint density at radius 3 is 2.46 bits per heavy atom. The standard InChI is InChI=1S/C21H19NO4/c1-25-19-11-10-14(12-18(19)21(24)26-2)13-22-20(23)17-9-5-7-15-6-3-4-8-16(15)17/h3-12H,13H2,1-2H3,(H,22,23). The van der Waals surface area contributed by atoms with Gasteiger partial charge in [-0.15, -0.1) is 0 Å². The van der Waals surface area contributed by atoms with Gasteiger partial charge < -0.3 is 14.8 Å². The number of hydrogen-bond acceptors (Lipinski definition) is 4. The van der Waals surface area contributed by atoms with Gasteiger partial charge in [-0.2, -0.15) is 0 Å². The van der Waals surface area contributed by atoms with Crippen LogP contribution in [0.4, 0.5) is 0 Å². The maximum absolute atomic E-state index is 12.6. The number of methoxy groups -OCH3 is 2. The smallest absolute Gasteiger partial charge is 0.341 e. The van der Waals surface area contributed by atoms with E-state index >= 15 is 0 Å². The zero-order valence-corrected chi connectivity index (χ0v) is 14.6. The number of ether oxygens (including phenoxy) is 2. The summed E-state index contributed by atoms with van der Waals surface area (Å²) in [6.45, 7) is 0.288. The van der Waals surface area contributed by atoms with Crippen molar-refractivity contribution in [3.8, 4) is 5.75 Å². The van der Waals surface area contributed by atoms with E-state index in [1.54, 1.807) is 24.3 Å². The molecule has 1 amide bonds. The highest BCUT2D eigenvalue weighted by atomic mass is 16.5.